The van der Waals surface area contributed by atoms with Crippen LogP contribution in [-0.4, -0.2) is 6.09 Å². The van der Waals surface area contributed by atoms with Crippen molar-refractivity contribution in [1.82, 2.24) is 0 Å². The van der Waals surface area contributed by atoms with Crippen LogP contribution in [0.2, 0.25) is 0 Å². The van der Waals surface area contributed by atoms with E-state index in [0.29, 0.717) is 17.2 Å². The number of carbonyl (C=O) groups is 1. The van der Waals surface area contributed by atoms with Gasteiger partial charge in [-0.15, -0.1) is 0 Å². The number of para-hydroxylation sites is 2. The van der Waals surface area contributed by atoms with Crippen molar-refractivity contribution in [2.75, 3.05) is 5.32 Å². The second-order valence-electron chi connectivity index (χ2n) is 5.22. The first-order chi connectivity index (χ1) is 11.7. The zero-order valence-electron chi connectivity index (χ0n) is 13.2. The summed E-state index contributed by atoms with van der Waals surface area (Å²) in [6.45, 7) is 1.90. The minimum absolute atomic E-state index is 0.497. The molecule has 0 spiro atoms. The molecule has 0 fully saturated rings. The molecule has 0 aliphatic carbocycles. The van der Waals surface area contributed by atoms with E-state index < -0.39 is 6.09 Å². The van der Waals surface area contributed by atoms with Crippen LogP contribution in [0.1, 0.15) is 5.56 Å². The average molecular weight is 319 g/mol. The summed E-state index contributed by atoms with van der Waals surface area (Å²) >= 11 is 0. The maximum atomic E-state index is 11.9. The predicted octanol–water partition coefficient (Wildman–Crippen LogP) is 5.40. The maximum Gasteiger partial charge on any atom is 0.417 e. The zero-order valence-corrected chi connectivity index (χ0v) is 13.2. The van der Waals surface area contributed by atoms with E-state index in [0.717, 1.165) is 11.3 Å². The number of nitrogens with one attached hydrogen (secondary N) is 1. The highest BCUT2D eigenvalue weighted by atomic mass is 16.6. The minimum Gasteiger partial charge on any atom is -0.457 e. The van der Waals surface area contributed by atoms with Crippen LogP contribution in [0.5, 0.6) is 17.2 Å². The van der Waals surface area contributed by atoms with Crippen molar-refractivity contribution in [2.45, 2.75) is 6.92 Å². The van der Waals surface area contributed by atoms with E-state index in [2.05, 4.69) is 5.32 Å². The van der Waals surface area contributed by atoms with Crippen LogP contribution >= 0.6 is 0 Å². The SMILES string of the molecule is Cc1cc(Oc2ccccc2)ccc1NC(=O)Oc1ccccc1. The lowest BCUT2D eigenvalue weighted by Crippen LogP contribution is -2.17. The van der Waals surface area contributed by atoms with Gasteiger partial charge in [0.15, 0.2) is 0 Å². The fraction of sp³-hybridized carbons (Fsp3) is 0.0500. The van der Waals surface area contributed by atoms with Crippen molar-refractivity contribution in [2.24, 2.45) is 0 Å². The highest BCUT2D eigenvalue weighted by Crippen LogP contribution is 2.26. The van der Waals surface area contributed by atoms with Gasteiger partial charge in [-0.2, -0.15) is 0 Å². The molecule has 0 unspecified atom stereocenters. The largest absolute Gasteiger partial charge is 0.457 e. The molecule has 3 aromatic carbocycles. The van der Waals surface area contributed by atoms with Crippen LogP contribution in [-0.2, 0) is 0 Å². The Kier molecular flexibility index (Phi) is 4.77. The molecular formula is C20H17NO3. The molecule has 0 heterocycles. The molecule has 0 atom stereocenters. The van der Waals surface area contributed by atoms with Crippen molar-refractivity contribution >= 4 is 11.8 Å². The number of carbonyl (C=O) groups excluding carboxylic acids is 1. The Morgan fingerprint density at radius 1 is 0.792 bits per heavy atom. The first-order valence-corrected chi connectivity index (χ1v) is 7.58. The van der Waals surface area contributed by atoms with E-state index >= 15 is 0 Å². The monoisotopic (exact) mass is 319 g/mol. The molecule has 4 heteroatoms. The standard InChI is InChI=1S/C20H17NO3/c1-15-14-18(23-16-8-4-2-5-9-16)12-13-19(15)21-20(22)24-17-10-6-3-7-11-17/h2-14H,1H3,(H,21,22). The fourth-order valence-electron chi connectivity index (χ4n) is 2.20. The quantitative estimate of drug-likeness (QED) is 0.700. The molecule has 0 radical (unpaired) electrons. The normalized spacial score (nSPS) is 10.0. The van der Waals surface area contributed by atoms with Crippen LogP contribution in [0.3, 0.4) is 0 Å². The minimum atomic E-state index is -0.527. The van der Waals surface area contributed by atoms with Crippen molar-refractivity contribution in [1.29, 1.82) is 0 Å². The van der Waals surface area contributed by atoms with E-state index in [1.807, 2.05) is 61.5 Å². The number of ether oxygens (including phenoxy) is 2. The highest BCUT2D eigenvalue weighted by molar-refractivity contribution is 5.87. The smallest absolute Gasteiger partial charge is 0.417 e. The molecule has 3 aromatic rings. The number of hydrogen-bond donors (Lipinski definition) is 1. The van der Waals surface area contributed by atoms with Crippen LogP contribution in [0.4, 0.5) is 10.5 Å². The van der Waals surface area contributed by atoms with Gasteiger partial charge in [-0.25, -0.2) is 4.79 Å². The first kappa shape index (κ1) is 15.6. The van der Waals surface area contributed by atoms with E-state index in [4.69, 9.17) is 9.47 Å². The van der Waals surface area contributed by atoms with Gasteiger partial charge in [-0.1, -0.05) is 36.4 Å². The number of aryl methyl sites for hydroxylation is 1. The van der Waals surface area contributed by atoms with E-state index in [-0.39, 0.29) is 0 Å². The molecule has 0 saturated heterocycles. The molecule has 1 N–H and O–H groups in total. The van der Waals surface area contributed by atoms with E-state index in [1.165, 1.54) is 0 Å². The van der Waals surface area contributed by atoms with Crippen molar-refractivity contribution in [3.63, 3.8) is 0 Å². The van der Waals surface area contributed by atoms with Crippen LogP contribution in [0, 0.1) is 6.92 Å². The second kappa shape index (κ2) is 7.33. The first-order valence-electron chi connectivity index (χ1n) is 7.58. The van der Waals surface area contributed by atoms with Crippen LogP contribution in [0.15, 0.2) is 78.9 Å². The third-order valence-electron chi connectivity index (χ3n) is 3.37. The summed E-state index contributed by atoms with van der Waals surface area (Å²) in [7, 11) is 0. The molecule has 0 aromatic heterocycles. The summed E-state index contributed by atoms with van der Waals surface area (Å²) < 4.78 is 11.0. The molecule has 4 nitrogen and oxygen atoms in total. The Hall–Kier alpha value is -3.27. The van der Waals surface area contributed by atoms with Crippen molar-refractivity contribution < 1.29 is 14.3 Å². The van der Waals surface area contributed by atoms with Crippen molar-refractivity contribution in [3.8, 4) is 17.2 Å². The lowest BCUT2D eigenvalue weighted by molar-refractivity contribution is 0.215. The van der Waals surface area contributed by atoms with Gasteiger partial charge in [-0.05, 0) is 55.0 Å². The number of anilines is 1. The lowest BCUT2D eigenvalue weighted by Gasteiger charge is -2.11. The molecule has 0 aliphatic rings. The van der Waals surface area contributed by atoms with Crippen LogP contribution < -0.4 is 14.8 Å². The number of amides is 1. The third-order valence-corrected chi connectivity index (χ3v) is 3.37. The number of benzene rings is 3. The van der Waals surface area contributed by atoms with Gasteiger partial charge in [0.05, 0.1) is 0 Å². The molecule has 1 amide bonds. The molecule has 0 bridgehead atoms. The molecule has 24 heavy (non-hydrogen) atoms. The molecule has 0 saturated carbocycles. The Bertz CT molecular complexity index is 817. The Morgan fingerprint density at radius 3 is 2.04 bits per heavy atom. The van der Waals surface area contributed by atoms with Gasteiger partial charge < -0.3 is 9.47 Å². The molecular weight excluding hydrogens is 302 g/mol. The third kappa shape index (κ3) is 4.14. The average Bonchev–Trinajstić information content (AvgIpc) is 2.59. The van der Waals surface area contributed by atoms with Gasteiger partial charge in [0.1, 0.15) is 17.2 Å². The lowest BCUT2D eigenvalue weighted by atomic mass is 10.2. The topological polar surface area (TPSA) is 47.6 Å². The van der Waals surface area contributed by atoms with E-state index in [9.17, 15) is 4.79 Å². The summed E-state index contributed by atoms with van der Waals surface area (Å²) in [5.74, 6) is 1.97. The van der Waals surface area contributed by atoms with Gasteiger partial charge in [0.2, 0.25) is 0 Å². The molecule has 120 valence electrons. The van der Waals surface area contributed by atoms with E-state index in [1.54, 1.807) is 24.3 Å². The zero-order chi connectivity index (χ0) is 16.8. The second-order valence-corrected chi connectivity index (χ2v) is 5.22. The Morgan fingerprint density at radius 2 is 1.42 bits per heavy atom. The summed E-state index contributed by atoms with van der Waals surface area (Å²) in [4.78, 5) is 11.9. The number of rotatable bonds is 4. The van der Waals surface area contributed by atoms with Crippen LogP contribution in [0.25, 0.3) is 0 Å². The van der Waals surface area contributed by atoms with Gasteiger partial charge >= 0.3 is 6.09 Å². The van der Waals surface area contributed by atoms with Gasteiger partial charge in [-0.3, -0.25) is 5.32 Å². The fourth-order valence-corrected chi connectivity index (χ4v) is 2.20. The summed E-state index contributed by atoms with van der Waals surface area (Å²) in [5, 5.41) is 2.73. The summed E-state index contributed by atoms with van der Waals surface area (Å²) in [6.07, 6.45) is -0.527. The highest BCUT2D eigenvalue weighted by Gasteiger charge is 2.08. The Balaban J connectivity index is 1.65. The molecule has 3 rings (SSSR count). The van der Waals surface area contributed by atoms with Gasteiger partial charge in [0.25, 0.3) is 0 Å². The molecule has 0 aliphatic heterocycles. The maximum absolute atomic E-state index is 11.9. The predicted molar refractivity (Wildman–Crippen MR) is 93.8 cm³/mol. The summed E-state index contributed by atoms with van der Waals surface area (Å²) in [5.41, 5.74) is 1.56. The number of hydrogen-bond acceptors (Lipinski definition) is 3. The summed E-state index contributed by atoms with van der Waals surface area (Å²) in [6, 6.07) is 23.9. The Labute approximate surface area is 140 Å². The van der Waals surface area contributed by atoms with Crippen molar-refractivity contribution in [3.05, 3.63) is 84.4 Å². The van der Waals surface area contributed by atoms with Gasteiger partial charge in [0, 0.05) is 5.69 Å².